The van der Waals surface area contributed by atoms with Gasteiger partial charge in [0.25, 0.3) is 0 Å². The summed E-state index contributed by atoms with van der Waals surface area (Å²) in [5.41, 5.74) is 1.30. The van der Waals surface area contributed by atoms with Gasteiger partial charge in [-0.25, -0.2) is 4.79 Å². The highest BCUT2D eigenvalue weighted by atomic mass is 16.7. The molecule has 1 N–H and O–H groups in total. The molecule has 0 spiro atoms. The summed E-state index contributed by atoms with van der Waals surface area (Å²) >= 11 is 0. The lowest BCUT2D eigenvalue weighted by atomic mass is 10.0. The molecule has 0 amide bonds. The van der Waals surface area contributed by atoms with Crippen LogP contribution in [0.3, 0.4) is 0 Å². The molecule has 0 saturated carbocycles. The normalized spacial score (nSPS) is 17.9. The van der Waals surface area contributed by atoms with E-state index >= 15 is 0 Å². The van der Waals surface area contributed by atoms with Crippen LogP contribution < -0.4 is 9.47 Å². The topological polar surface area (TPSA) is 77.3 Å². The molecule has 1 heterocycles. The number of oxime groups is 1. The zero-order valence-electron chi connectivity index (χ0n) is 10.0. The van der Waals surface area contributed by atoms with Crippen LogP contribution >= 0.6 is 0 Å². The van der Waals surface area contributed by atoms with Crippen LogP contribution in [0.1, 0.15) is 12.0 Å². The Morgan fingerprint density at radius 2 is 1.94 bits per heavy atom. The molecule has 6 heteroatoms. The van der Waals surface area contributed by atoms with Crippen LogP contribution in [0.2, 0.25) is 0 Å². The lowest BCUT2D eigenvalue weighted by molar-refractivity contribution is -0.148. The molecule has 0 bridgehead atoms. The maximum atomic E-state index is 10.8. The minimum absolute atomic E-state index is 0.228. The van der Waals surface area contributed by atoms with Crippen LogP contribution in [-0.4, -0.2) is 37.1 Å². The molecule has 2 rings (SSSR count). The van der Waals surface area contributed by atoms with Crippen LogP contribution in [0.4, 0.5) is 0 Å². The number of carboxylic acid groups (broad SMARTS) is 1. The summed E-state index contributed by atoms with van der Waals surface area (Å²) < 4.78 is 10.3. The number of aliphatic carboxylic acids is 1. The second kappa shape index (κ2) is 4.95. The average Bonchev–Trinajstić information content (AvgIpc) is 2.87. The van der Waals surface area contributed by atoms with Crippen molar-refractivity contribution >= 4 is 11.7 Å². The summed E-state index contributed by atoms with van der Waals surface area (Å²) in [6, 6.07) is 5.25. The van der Waals surface area contributed by atoms with Crippen LogP contribution in [-0.2, 0) is 9.63 Å². The average molecular weight is 251 g/mol. The van der Waals surface area contributed by atoms with Crippen molar-refractivity contribution in [1.82, 2.24) is 0 Å². The summed E-state index contributed by atoms with van der Waals surface area (Å²) in [6.45, 7) is 0. The largest absolute Gasteiger partial charge is 0.497 e. The highest BCUT2D eigenvalue weighted by Gasteiger charge is 2.28. The van der Waals surface area contributed by atoms with E-state index in [1.54, 1.807) is 32.4 Å². The quantitative estimate of drug-likeness (QED) is 0.872. The molecule has 1 aliphatic heterocycles. The Labute approximate surface area is 104 Å². The number of ether oxygens (including phenoxy) is 2. The first-order valence-corrected chi connectivity index (χ1v) is 5.33. The summed E-state index contributed by atoms with van der Waals surface area (Å²) in [7, 11) is 3.09. The van der Waals surface area contributed by atoms with Crippen molar-refractivity contribution in [2.45, 2.75) is 12.5 Å². The maximum absolute atomic E-state index is 10.8. The van der Waals surface area contributed by atoms with Crippen molar-refractivity contribution in [3.63, 3.8) is 0 Å². The summed E-state index contributed by atoms with van der Waals surface area (Å²) in [6.07, 6.45) is -0.691. The van der Waals surface area contributed by atoms with E-state index in [9.17, 15) is 4.79 Å². The van der Waals surface area contributed by atoms with Crippen molar-refractivity contribution < 1.29 is 24.2 Å². The number of benzene rings is 1. The van der Waals surface area contributed by atoms with Gasteiger partial charge in [0.2, 0.25) is 6.10 Å². The Balaban J connectivity index is 2.26. The Hall–Kier alpha value is -2.24. The first-order chi connectivity index (χ1) is 8.63. The van der Waals surface area contributed by atoms with E-state index in [-0.39, 0.29) is 6.42 Å². The molecule has 1 atom stereocenters. The van der Waals surface area contributed by atoms with E-state index in [0.29, 0.717) is 17.2 Å². The van der Waals surface area contributed by atoms with Gasteiger partial charge in [0.05, 0.1) is 19.9 Å². The summed E-state index contributed by atoms with van der Waals surface area (Å²) in [5, 5.41) is 12.6. The third-order valence-electron chi connectivity index (χ3n) is 2.63. The first-order valence-electron chi connectivity index (χ1n) is 5.33. The number of hydrogen-bond acceptors (Lipinski definition) is 5. The molecule has 0 aromatic heterocycles. The predicted molar refractivity (Wildman–Crippen MR) is 63.2 cm³/mol. The fourth-order valence-electron chi connectivity index (χ4n) is 1.65. The zero-order chi connectivity index (χ0) is 13.1. The Morgan fingerprint density at radius 3 is 2.39 bits per heavy atom. The van der Waals surface area contributed by atoms with E-state index in [1.807, 2.05) is 0 Å². The van der Waals surface area contributed by atoms with Gasteiger partial charge >= 0.3 is 5.97 Å². The summed E-state index contributed by atoms with van der Waals surface area (Å²) in [5.74, 6) is 0.209. The number of nitrogens with zero attached hydrogens (tertiary/aromatic N) is 1. The smallest absolute Gasteiger partial charge is 0.348 e. The molecule has 0 radical (unpaired) electrons. The van der Waals surface area contributed by atoms with Gasteiger partial charge in [-0.2, -0.15) is 0 Å². The lowest BCUT2D eigenvalue weighted by Gasteiger charge is -2.07. The maximum Gasteiger partial charge on any atom is 0.348 e. The molecular weight excluding hydrogens is 238 g/mol. The highest BCUT2D eigenvalue weighted by molar-refractivity contribution is 6.03. The number of rotatable bonds is 4. The molecule has 6 nitrogen and oxygen atoms in total. The first kappa shape index (κ1) is 12.2. The molecule has 1 unspecified atom stereocenters. The van der Waals surface area contributed by atoms with Crippen LogP contribution in [0.5, 0.6) is 11.5 Å². The lowest BCUT2D eigenvalue weighted by Crippen LogP contribution is -2.19. The molecule has 0 fully saturated rings. The van der Waals surface area contributed by atoms with Crippen molar-refractivity contribution in [3.8, 4) is 11.5 Å². The minimum atomic E-state index is -1.02. The van der Waals surface area contributed by atoms with Crippen LogP contribution in [0.15, 0.2) is 23.4 Å². The Morgan fingerprint density at radius 1 is 1.33 bits per heavy atom. The third-order valence-corrected chi connectivity index (χ3v) is 2.63. The van der Waals surface area contributed by atoms with Gasteiger partial charge in [-0.05, 0) is 12.1 Å². The number of hydrogen-bond donors (Lipinski definition) is 1. The molecule has 1 aromatic carbocycles. The van der Waals surface area contributed by atoms with Crippen LogP contribution in [0.25, 0.3) is 0 Å². The Kier molecular flexibility index (Phi) is 3.36. The van der Waals surface area contributed by atoms with Gasteiger partial charge in [0, 0.05) is 18.1 Å². The molecule has 0 aliphatic carbocycles. The van der Waals surface area contributed by atoms with Crippen molar-refractivity contribution in [2.75, 3.05) is 14.2 Å². The monoisotopic (exact) mass is 251 g/mol. The standard InChI is InChI=1S/C12H13NO5/c1-16-8-3-7(4-9(5-8)17-2)10-6-11(12(14)15)18-13-10/h3-5,11H,6H2,1-2H3,(H,14,15). The van der Waals surface area contributed by atoms with Crippen molar-refractivity contribution in [1.29, 1.82) is 0 Å². The highest BCUT2D eigenvalue weighted by Crippen LogP contribution is 2.26. The van der Waals surface area contributed by atoms with E-state index in [0.717, 1.165) is 5.56 Å². The second-order valence-corrected chi connectivity index (χ2v) is 3.78. The summed E-state index contributed by atoms with van der Waals surface area (Å²) in [4.78, 5) is 15.6. The van der Waals surface area contributed by atoms with Gasteiger partial charge in [0.15, 0.2) is 0 Å². The molecule has 1 aliphatic rings. The minimum Gasteiger partial charge on any atom is -0.497 e. The van der Waals surface area contributed by atoms with Crippen LogP contribution in [0, 0.1) is 0 Å². The Bertz CT molecular complexity index is 475. The number of methoxy groups -OCH3 is 2. The van der Waals surface area contributed by atoms with E-state index in [2.05, 4.69) is 5.16 Å². The zero-order valence-corrected chi connectivity index (χ0v) is 10.0. The number of carbonyl (C=O) groups is 1. The van der Waals surface area contributed by atoms with E-state index in [1.165, 1.54) is 0 Å². The molecule has 1 aromatic rings. The molecular formula is C12H13NO5. The van der Waals surface area contributed by atoms with E-state index in [4.69, 9.17) is 19.4 Å². The SMILES string of the molecule is COc1cc(OC)cc(C2=NOC(C(=O)O)C2)c1. The molecule has 96 valence electrons. The van der Waals surface area contributed by atoms with Gasteiger partial charge in [-0.1, -0.05) is 5.16 Å². The van der Waals surface area contributed by atoms with Crippen molar-refractivity contribution in [3.05, 3.63) is 23.8 Å². The third kappa shape index (κ3) is 2.37. The fourth-order valence-corrected chi connectivity index (χ4v) is 1.65. The van der Waals surface area contributed by atoms with Gasteiger partial charge < -0.3 is 19.4 Å². The predicted octanol–water partition coefficient (Wildman–Crippen LogP) is 1.28. The van der Waals surface area contributed by atoms with Crippen molar-refractivity contribution in [2.24, 2.45) is 5.16 Å². The van der Waals surface area contributed by atoms with E-state index < -0.39 is 12.1 Å². The van der Waals surface area contributed by atoms with Gasteiger partial charge in [-0.15, -0.1) is 0 Å². The molecule has 18 heavy (non-hydrogen) atoms. The number of carboxylic acids is 1. The second-order valence-electron chi connectivity index (χ2n) is 3.78. The van der Waals surface area contributed by atoms with Gasteiger partial charge in [0.1, 0.15) is 11.5 Å². The fraction of sp³-hybridized carbons (Fsp3) is 0.333. The van der Waals surface area contributed by atoms with Gasteiger partial charge in [-0.3, -0.25) is 0 Å². The molecule has 0 saturated heterocycles.